The monoisotopic (exact) mass is 477 g/mol. The summed E-state index contributed by atoms with van der Waals surface area (Å²) in [6, 6.07) is 10.7. The van der Waals surface area contributed by atoms with Gasteiger partial charge in [0.25, 0.3) is 5.91 Å². The van der Waals surface area contributed by atoms with Crippen LogP contribution in [0.2, 0.25) is 0 Å². The van der Waals surface area contributed by atoms with Crippen LogP contribution in [0.3, 0.4) is 0 Å². The van der Waals surface area contributed by atoms with Gasteiger partial charge in [-0.25, -0.2) is 4.79 Å². The number of aryl methyl sites for hydroxylation is 1. The fourth-order valence-electron chi connectivity index (χ4n) is 2.59. The summed E-state index contributed by atoms with van der Waals surface area (Å²) in [4.78, 5) is 25.8. The second-order valence-corrected chi connectivity index (χ2v) is 8.31. The molecule has 0 saturated carbocycles. The SMILES string of the molecule is CCOC(=O)c1c(NC(=O)c2ccc(COc3ccc(Br)cc3)o2)sc(C)c1C. The maximum absolute atomic E-state index is 12.6. The van der Waals surface area contributed by atoms with Gasteiger partial charge in [0.1, 0.15) is 23.1 Å². The Hall–Kier alpha value is -2.58. The maximum Gasteiger partial charge on any atom is 0.341 e. The number of nitrogens with one attached hydrogen (secondary N) is 1. The van der Waals surface area contributed by atoms with E-state index in [0.29, 0.717) is 22.1 Å². The summed E-state index contributed by atoms with van der Waals surface area (Å²) in [5.41, 5.74) is 1.18. The molecule has 0 atom stereocenters. The van der Waals surface area contributed by atoms with Crippen LogP contribution in [0.25, 0.3) is 0 Å². The van der Waals surface area contributed by atoms with Gasteiger partial charge in [-0.1, -0.05) is 15.9 Å². The Bertz CT molecular complexity index is 1020. The predicted octanol–water partition coefficient (Wildman–Crippen LogP) is 5.73. The summed E-state index contributed by atoms with van der Waals surface area (Å²) in [7, 11) is 0. The molecule has 2 aromatic heterocycles. The Morgan fingerprint density at radius 3 is 2.55 bits per heavy atom. The van der Waals surface area contributed by atoms with Crippen molar-refractivity contribution < 1.29 is 23.5 Å². The number of benzene rings is 1. The topological polar surface area (TPSA) is 77.8 Å². The first-order valence-electron chi connectivity index (χ1n) is 8.94. The van der Waals surface area contributed by atoms with E-state index in [1.807, 2.05) is 38.1 Å². The lowest BCUT2D eigenvalue weighted by atomic mass is 10.1. The maximum atomic E-state index is 12.6. The molecule has 29 heavy (non-hydrogen) atoms. The molecular weight excluding hydrogens is 458 g/mol. The molecular formula is C21H20BrNO5S. The van der Waals surface area contributed by atoms with Crippen molar-refractivity contribution in [2.24, 2.45) is 0 Å². The van der Waals surface area contributed by atoms with Crippen LogP contribution in [0.4, 0.5) is 5.00 Å². The molecule has 0 bridgehead atoms. The first kappa shape index (κ1) is 21.1. The van der Waals surface area contributed by atoms with Gasteiger partial charge in [-0.15, -0.1) is 11.3 Å². The third-order valence-corrected chi connectivity index (χ3v) is 5.82. The lowest BCUT2D eigenvalue weighted by molar-refractivity contribution is 0.0527. The fraction of sp³-hybridized carbons (Fsp3) is 0.238. The van der Waals surface area contributed by atoms with E-state index in [4.69, 9.17) is 13.9 Å². The van der Waals surface area contributed by atoms with Crippen LogP contribution in [0.1, 0.15) is 44.0 Å². The van der Waals surface area contributed by atoms with Gasteiger partial charge in [0, 0.05) is 9.35 Å². The molecule has 0 aliphatic rings. The Labute approximate surface area is 181 Å². The zero-order valence-electron chi connectivity index (χ0n) is 16.2. The van der Waals surface area contributed by atoms with E-state index in [2.05, 4.69) is 21.2 Å². The average molecular weight is 478 g/mol. The zero-order valence-corrected chi connectivity index (χ0v) is 18.6. The van der Waals surface area contributed by atoms with Crippen molar-refractivity contribution in [2.45, 2.75) is 27.4 Å². The van der Waals surface area contributed by atoms with Crippen molar-refractivity contribution in [3.05, 3.63) is 68.4 Å². The van der Waals surface area contributed by atoms with E-state index in [9.17, 15) is 9.59 Å². The smallest absolute Gasteiger partial charge is 0.341 e. The average Bonchev–Trinajstić information content (AvgIpc) is 3.26. The second-order valence-electron chi connectivity index (χ2n) is 6.17. The van der Waals surface area contributed by atoms with Gasteiger partial charge in [-0.2, -0.15) is 0 Å². The number of carbonyl (C=O) groups excluding carboxylic acids is 2. The van der Waals surface area contributed by atoms with Gasteiger partial charge in [0.2, 0.25) is 0 Å². The molecule has 6 nitrogen and oxygen atoms in total. The van der Waals surface area contributed by atoms with Crippen LogP contribution in [0.15, 0.2) is 45.3 Å². The van der Waals surface area contributed by atoms with Gasteiger partial charge in [-0.3, -0.25) is 4.79 Å². The Balaban J connectivity index is 1.68. The van der Waals surface area contributed by atoms with Crippen LogP contribution in [0.5, 0.6) is 5.75 Å². The van der Waals surface area contributed by atoms with Gasteiger partial charge < -0.3 is 19.2 Å². The number of thiophene rings is 1. The molecule has 0 unspecified atom stereocenters. The van der Waals surface area contributed by atoms with Gasteiger partial charge in [0.05, 0.1) is 12.2 Å². The number of hydrogen-bond donors (Lipinski definition) is 1. The number of anilines is 1. The first-order valence-corrected chi connectivity index (χ1v) is 10.6. The third kappa shape index (κ3) is 5.07. The highest BCUT2D eigenvalue weighted by molar-refractivity contribution is 9.10. The molecule has 0 aliphatic carbocycles. The molecule has 1 aromatic carbocycles. The van der Waals surface area contributed by atoms with E-state index in [1.165, 1.54) is 11.3 Å². The molecule has 8 heteroatoms. The molecule has 3 aromatic rings. The van der Waals surface area contributed by atoms with Crippen molar-refractivity contribution in [1.29, 1.82) is 0 Å². The summed E-state index contributed by atoms with van der Waals surface area (Å²) >= 11 is 4.70. The number of rotatable bonds is 7. The molecule has 1 N–H and O–H groups in total. The largest absolute Gasteiger partial charge is 0.486 e. The van der Waals surface area contributed by atoms with Crippen LogP contribution < -0.4 is 10.1 Å². The summed E-state index contributed by atoms with van der Waals surface area (Å²) in [5, 5.41) is 3.21. The number of hydrogen-bond acceptors (Lipinski definition) is 6. The van der Waals surface area contributed by atoms with E-state index >= 15 is 0 Å². The lowest BCUT2D eigenvalue weighted by Gasteiger charge is -2.06. The number of furan rings is 1. The summed E-state index contributed by atoms with van der Waals surface area (Å²) in [6.45, 7) is 5.92. The van der Waals surface area contributed by atoms with Gasteiger partial charge in [0.15, 0.2) is 5.76 Å². The minimum Gasteiger partial charge on any atom is -0.486 e. The predicted molar refractivity (Wildman–Crippen MR) is 115 cm³/mol. The molecule has 2 heterocycles. The van der Waals surface area contributed by atoms with Crippen molar-refractivity contribution >= 4 is 44.1 Å². The number of ether oxygens (including phenoxy) is 2. The van der Waals surface area contributed by atoms with Crippen molar-refractivity contribution in [2.75, 3.05) is 11.9 Å². The van der Waals surface area contributed by atoms with Gasteiger partial charge in [-0.05, 0) is 62.7 Å². The minimum atomic E-state index is -0.451. The number of amides is 1. The molecule has 3 rings (SSSR count). The van der Waals surface area contributed by atoms with Crippen molar-refractivity contribution in [3.63, 3.8) is 0 Å². The van der Waals surface area contributed by atoms with Crippen LogP contribution >= 0.6 is 27.3 Å². The molecule has 1 amide bonds. The summed E-state index contributed by atoms with van der Waals surface area (Å²) < 4.78 is 17.3. The quantitative estimate of drug-likeness (QED) is 0.439. The number of esters is 1. The van der Waals surface area contributed by atoms with E-state index in [-0.39, 0.29) is 19.0 Å². The zero-order chi connectivity index (χ0) is 21.0. The van der Waals surface area contributed by atoms with Crippen LogP contribution in [-0.4, -0.2) is 18.5 Å². The molecule has 0 spiro atoms. The Morgan fingerprint density at radius 1 is 1.14 bits per heavy atom. The molecule has 0 radical (unpaired) electrons. The standard InChI is InChI=1S/C21H20BrNO5S/c1-4-26-21(25)18-12(2)13(3)29-20(18)23-19(24)17-10-9-16(28-17)11-27-15-7-5-14(22)6-8-15/h5-10H,4,11H2,1-3H3,(H,23,24). The van der Waals surface area contributed by atoms with E-state index in [1.54, 1.807) is 19.1 Å². The third-order valence-electron chi connectivity index (χ3n) is 4.17. The molecule has 0 aliphatic heterocycles. The van der Waals surface area contributed by atoms with E-state index in [0.717, 1.165) is 14.9 Å². The Morgan fingerprint density at radius 2 is 1.86 bits per heavy atom. The minimum absolute atomic E-state index is 0.137. The van der Waals surface area contributed by atoms with Crippen molar-refractivity contribution in [1.82, 2.24) is 0 Å². The normalized spacial score (nSPS) is 10.6. The lowest BCUT2D eigenvalue weighted by Crippen LogP contribution is -2.14. The summed E-state index contributed by atoms with van der Waals surface area (Å²) in [5.74, 6) is 0.457. The first-order chi connectivity index (χ1) is 13.9. The highest BCUT2D eigenvalue weighted by Gasteiger charge is 2.23. The second kappa shape index (κ2) is 9.28. The van der Waals surface area contributed by atoms with Crippen molar-refractivity contribution in [3.8, 4) is 5.75 Å². The number of carbonyl (C=O) groups is 2. The highest BCUT2D eigenvalue weighted by Crippen LogP contribution is 2.33. The van der Waals surface area contributed by atoms with Gasteiger partial charge >= 0.3 is 5.97 Å². The molecule has 0 saturated heterocycles. The fourth-order valence-corrected chi connectivity index (χ4v) is 3.90. The Kier molecular flexibility index (Phi) is 6.76. The molecule has 0 fully saturated rings. The number of halogens is 1. The summed E-state index contributed by atoms with van der Waals surface area (Å²) in [6.07, 6.45) is 0. The van der Waals surface area contributed by atoms with Crippen LogP contribution in [0, 0.1) is 13.8 Å². The highest BCUT2D eigenvalue weighted by atomic mass is 79.9. The van der Waals surface area contributed by atoms with E-state index < -0.39 is 11.9 Å². The van der Waals surface area contributed by atoms with Crippen LogP contribution in [-0.2, 0) is 11.3 Å². The molecule has 152 valence electrons.